The van der Waals surface area contributed by atoms with Crippen molar-refractivity contribution in [3.63, 3.8) is 0 Å². The molecule has 0 aromatic heterocycles. The Kier molecular flexibility index (Phi) is 12.3. The van der Waals surface area contributed by atoms with Crippen LogP contribution in [0.15, 0.2) is 12.7 Å². The molecule has 3 unspecified atom stereocenters. The van der Waals surface area contributed by atoms with Gasteiger partial charge in [0.15, 0.2) is 0 Å². The van der Waals surface area contributed by atoms with Crippen molar-refractivity contribution in [2.45, 2.75) is 116 Å². The first-order valence-electron chi connectivity index (χ1n) is 14.0. The SMILES string of the molecule is C=CCNC(=O)C(=O)C(CCC)NC(=O)C1CCCN1C(=O)C(CC1CCCCC1)NC(=O)OC(C)(C)C. The fourth-order valence-electron chi connectivity index (χ4n) is 5.17. The zero-order valence-electron chi connectivity index (χ0n) is 23.5. The molecule has 0 bridgehead atoms. The van der Waals surface area contributed by atoms with Gasteiger partial charge in [0.05, 0.1) is 6.04 Å². The van der Waals surface area contributed by atoms with Crippen LogP contribution in [-0.4, -0.2) is 71.3 Å². The Labute approximate surface area is 226 Å². The Morgan fingerprint density at radius 1 is 1.00 bits per heavy atom. The average molecular weight is 535 g/mol. The van der Waals surface area contributed by atoms with E-state index in [2.05, 4.69) is 22.5 Å². The molecule has 0 aromatic carbocycles. The molecule has 1 aliphatic carbocycles. The summed E-state index contributed by atoms with van der Waals surface area (Å²) in [6, 6.07) is -2.56. The number of hydrogen-bond acceptors (Lipinski definition) is 6. The van der Waals surface area contributed by atoms with Gasteiger partial charge in [-0.25, -0.2) is 4.79 Å². The standard InChI is InChI=1S/C28H46N4O6/c1-6-12-20(23(33)25(35)29-16-7-2)30-24(34)22-15-11-17-32(22)26(36)21(18-19-13-9-8-10-14-19)31-27(37)38-28(3,4)5/h7,19-22H,2,6,8-18H2,1,3-5H3,(H,29,35)(H,30,34)(H,31,37). The van der Waals surface area contributed by atoms with Gasteiger partial charge in [0.25, 0.3) is 5.91 Å². The normalized spacial score (nSPS) is 19.7. The molecule has 1 heterocycles. The second-order valence-electron chi connectivity index (χ2n) is 11.3. The fraction of sp³-hybridized carbons (Fsp3) is 0.750. The van der Waals surface area contributed by atoms with Crippen LogP contribution < -0.4 is 16.0 Å². The molecule has 3 N–H and O–H groups in total. The third kappa shape index (κ3) is 9.76. The van der Waals surface area contributed by atoms with Gasteiger partial charge in [0, 0.05) is 13.1 Å². The molecule has 10 nitrogen and oxygen atoms in total. The molecular weight excluding hydrogens is 488 g/mol. The van der Waals surface area contributed by atoms with Crippen molar-refractivity contribution in [1.82, 2.24) is 20.9 Å². The number of nitrogens with zero attached hydrogens (tertiary/aromatic N) is 1. The highest BCUT2D eigenvalue weighted by Crippen LogP contribution is 2.29. The highest BCUT2D eigenvalue weighted by Gasteiger charge is 2.40. The van der Waals surface area contributed by atoms with Gasteiger partial charge in [0.2, 0.25) is 17.6 Å². The number of likely N-dealkylation sites (tertiary alicyclic amines) is 1. The summed E-state index contributed by atoms with van der Waals surface area (Å²) in [6.45, 7) is 11.2. The monoisotopic (exact) mass is 534 g/mol. The van der Waals surface area contributed by atoms with Gasteiger partial charge in [-0.2, -0.15) is 0 Å². The minimum absolute atomic E-state index is 0.148. The number of nitrogens with one attached hydrogen (secondary N) is 3. The Hall–Kier alpha value is -2.91. The summed E-state index contributed by atoms with van der Waals surface area (Å²) in [5, 5.41) is 7.94. The van der Waals surface area contributed by atoms with Crippen molar-refractivity contribution in [1.29, 1.82) is 0 Å². The highest BCUT2D eigenvalue weighted by atomic mass is 16.6. The van der Waals surface area contributed by atoms with Crippen LogP contribution in [-0.2, 0) is 23.9 Å². The quantitative estimate of drug-likeness (QED) is 0.260. The number of alkyl carbamates (subject to hydrolysis) is 1. The van der Waals surface area contributed by atoms with Crippen LogP contribution in [0.25, 0.3) is 0 Å². The predicted molar refractivity (Wildman–Crippen MR) is 144 cm³/mol. The van der Waals surface area contributed by atoms with Crippen molar-refractivity contribution < 1.29 is 28.7 Å². The van der Waals surface area contributed by atoms with Gasteiger partial charge in [-0.15, -0.1) is 6.58 Å². The first kappa shape index (κ1) is 31.3. The molecule has 38 heavy (non-hydrogen) atoms. The van der Waals surface area contributed by atoms with E-state index in [0.29, 0.717) is 44.6 Å². The lowest BCUT2D eigenvalue weighted by atomic mass is 9.84. The Bertz CT molecular complexity index is 862. The Morgan fingerprint density at radius 2 is 1.68 bits per heavy atom. The summed E-state index contributed by atoms with van der Waals surface area (Å²) in [6.07, 6.45) is 8.61. The molecular formula is C28H46N4O6. The van der Waals surface area contributed by atoms with Crippen LogP contribution in [0.5, 0.6) is 0 Å². The minimum Gasteiger partial charge on any atom is -0.444 e. The summed E-state index contributed by atoms with van der Waals surface area (Å²) >= 11 is 0. The number of ketones is 1. The van der Waals surface area contributed by atoms with Crippen molar-refractivity contribution >= 4 is 29.6 Å². The summed E-state index contributed by atoms with van der Waals surface area (Å²) in [4.78, 5) is 66.0. The summed E-state index contributed by atoms with van der Waals surface area (Å²) < 4.78 is 5.42. The maximum Gasteiger partial charge on any atom is 0.408 e. The van der Waals surface area contributed by atoms with Gasteiger partial charge >= 0.3 is 6.09 Å². The zero-order chi connectivity index (χ0) is 28.3. The molecule has 214 valence electrons. The van der Waals surface area contributed by atoms with Gasteiger partial charge < -0.3 is 25.6 Å². The first-order valence-corrected chi connectivity index (χ1v) is 14.0. The molecule has 2 fully saturated rings. The van der Waals surface area contributed by atoms with Crippen LogP contribution in [0.1, 0.15) is 91.9 Å². The van der Waals surface area contributed by atoms with Crippen LogP contribution in [0.2, 0.25) is 0 Å². The highest BCUT2D eigenvalue weighted by molar-refractivity contribution is 6.38. The smallest absolute Gasteiger partial charge is 0.408 e. The van der Waals surface area contributed by atoms with E-state index in [1.807, 2.05) is 6.92 Å². The van der Waals surface area contributed by atoms with Crippen LogP contribution in [0.4, 0.5) is 4.79 Å². The summed E-state index contributed by atoms with van der Waals surface area (Å²) in [5.41, 5.74) is -0.711. The van der Waals surface area contributed by atoms with Gasteiger partial charge in [-0.1, -0.05) is 51.5 Å². The van der Waals surface area contributed by atoms with Gasteiger partial charge in [-0.05, 0) is 52.4 Å². The molecule has 0 spiro atoms. The van der Waals surface area contributed by atoms with Crippen LogP contribution in [0.3, 0.4) is 0 Å². The van der Waals surface area contributed by atoms with E-state index in [1.54, 1.807) is 20.8 Å². The molecule has 0 aromatic rings. The molecule has 1 aliphatic heterocycles. The molecule has 4 amide bonds. The summed E-state index contributed by atoms with van der Waals surface area (Å²) in [7, 11) is 0. The van der Waals surface area contributed by atoms with E-state index in [4.69, 9.17) is 4.74 Å². The second kappa shape index (κ2) is 14.9. The van der Waals surface area contributed by atoms with E-state index in [1.165, 1.54) is 17.4 Å². The summed E-state index contributed by atoms with van der Waals surface area (Å²) in [5.74, 6) is -1.98. The zero-order valence-corrected chi connectivity index (χ0v) is 23.5. The molecule has 2 aliphatic rings. The topological polar surface area (TPSA) is 134 Å². The maximum atomic E-state index is 13.7. The largest absolute Gasteiger partial charge is 0.444 e. The molecule has 2 rings (SSSR count). The van der Waals surface area contributed by atoms with E-state index in [9.17, 15) is 24.0 Å². The van der Waals surface area contributed by atoms with Crippen molar-refractivity contribution in [3.8, 4) is 0 Å². The van der Waals surface area contributed by atoms with E-state index in [0.717, 1.165) is 25.7 Å². The van der Waals surface area contributed by atoms with Crippen LogP contribution >= 0.6 is 0 Å². The molecule has 3 atom stereocenters. The molecule has 1 saturated carbocycles. The molecule has 0 radical (unpaired) electrons. The van der Waals surface area contributed by atoms with Crippen molar-refractivity contribution in [2.24, 2.45) is 5.92 Å². The van der Waals surface area contributed by atoms with Crippen molar-refractivity contribution in [2.75, 3.05) is 13.1 Å². The Balaban J connectivity index is 2.15. The number of Topliss-reactive ketones (excluding diaryl/α,β-unsaturated/α-hetero) is 1. The number of carbonyl (C=O) groups is 5. The number of carbonyl (C=O) groups excluding carboxylic acids is 5. The number of rotatable bonds is 12. The van der Waals surface area contributed by atoms with Crippen molar-refractivity contribution in [3.05, 3.63) is 12.7 Å². The maximum absolute atomic E-state index is 13.7. The Morgan fingerprint density at radius 3 is 2.29 bits per heavy atom. The molecule has 10 heteroatoms. The van der Waals surface area contributed by atoms with Crippen LogP contribution in [0, 0.1) is 5.92 Å². The van der Waals surface area contributed by atoms with E-state index >= 15 is 0 Å². The van der Waals surface area contributed by atoms with Gasteiger partial charge in [0.1, 0.15) is 17.7 Å². The number of amides is 4. The predicted octanol–water partition coefficient (Wildman–Crippen LogP) is 3.00. The lowest BCUT2D eigenvalue weighted by Crippen LogP contribution is -2.56. The van der Waals surface area contributed by atoms with Gasteiger partial charge in [-0.3, -0.25) is 19.2 Å². The lowest BCUT2D eigenvalue weighted by molar-refractivity contribution is -0.143. The van der Waals surface area contributed by atoms with E-state index in [-0.39, 0.29) is 12.5 Å². The number of ether oxygens (including phenoxy) is 1. The fourth-order valence-corrected chi connectivity index (χ4v) is 5.17. The molecule has 1 saturated heterocycles. The van der Waals surface area contributed by atoms with E-state index < -0.39 is 47.4 Å². The first-order chi connectivity index (χ1) is 18.0. The lowest BCUT2D eigenvalue weighted by Gasteiger charge is -2.32. The third-order valence-corrected chi connectivity index (χ3v) is 6.96. The minimum atomic E-state index is -0.979. The third-order valence-electron chi connectivity index (χ3n) is 6.96. The number of hydrogen-bond donors (Lipinski definition) is 3. The second-order valence-corrected chi connectivity index (χ2v) is 11.3. The average Bonchev–Trinajstić information content (AvgIpc) is 3.35.